The minimum Gasteiger partial charge on any atom is -0.497 e. The Morgan fingerprint density at radius 2 is 1.82 bits per heavy atom. The standard InChI is InChI=1S/C17H25N3O2/c1-22-16-4-2-15(3-5-16)6-7-18-17(21)14-20-11-8-19(9-12-20)10-13-20/h2-5H,6-14H2,1H3/p+1. The molecule has 3 saturated heterocycles. The Morgan fingerprint density at radius 3 is 2.41 bits per heavy atom. The van der Waals surface area contributed by atoms with E-state index in [1.165, 1.54) is 5.56 Å². The first-order valence-electron chi connectivity index (χ1n) is 8.16. The van der Waals surface area contributed by atoms with Gasteiger partial charge >= 0.3 is 0 Å². The average molecular weight is 304 g/mol. The van der Waals surface area contributed by atoms with Crippen LogP contribution < -0.4 is 10.1 Å². The first-order chi connectivity index (χ1) is 10.7. The molecule has 3 fully saturated rings. The van der Waals surface area contributed by atoms with Crippen LogP contribution in [0.5, 0.6) is 5.75 Å². The van der Waals surface area contributed by atoms with E-state index in [0.717, 1.165) is 55.9 Å². The van der Waals surface area contributed by atoms with E-state index in [1.54, 1.807) is 7.11 Å². The van der Waals surface area contributed by atoms with E-state index in [2.05, 4.69) is 22.3 Å². The Kier molecular flexibility index (Phi) is 4.64. The van der Waals surface area contributed by atoms with E-state index in [1.807, 2.05) is 12.1 Å². The second kappa shape index (κ2) is 6.67. The van der Waals surface area contributed by atoms with Gasteiger partial charge in [0.1, 0.15) is 5.75 Å². The van der Waals surface area contributed by atoms with Gasteiger partial charge in [0.25, 0.3) is 5.91 Å². The first-order valence-corrected chi connectivity index (χ1v) is 8.16. The molecule has 3 aliphatic rings. The third-order valence-electron chi connectivity index (χ3n) is 5.05. The number of nitrogens with one attached hydrogen (secondary N) is 1. The Hall–Kier alpha value is -1.59. The van der Waals surface area contributed by atoms with Gasteiger partial charge in [-0.15, -0.1) is 0 Å². The molecular weight excluding hydrogens is 278 g/mol. The van der Waals surface area contributed by atoms with Crippen molar-refractivity contribution in [3.05, 3.63) is 29.8 Å². The van der Waals surface area contributed by atoms with Crippen LogP contribution in [0.15, 0.2) is 24.3 Å². The number of quaternary nitrogens is 1. The summed E-state index contributed by atoms with van der Waals surface area (Å²) in [5.41, 5.74) is 1.22. The predicted molar refractivity (Wildman–Crippen MR) is 85.9 cm³/mol. The topological polar surface area (TPSA) is 41.6 Å². The Bertz CT molecular complexity index is 493. The van der Waals surface area contributed by atoms with Crippen molar-refractivity contribution in [1.82, 2.24) is 10.2 Å². The van der Waals surface area contributed by atoms with Gasteiger partial charge in [0.05, 0.1) is 26.7 Å². The average Bonchev–Trinajstić information content (AvgIpc) is 2.57. The molecule has 1 N–H and O–H groups in total. The van der Waals surface area contributed by atoms with Crippen molar-refractivity contribution in [3.8, 4) is 5.75 Å². The number of amides is 1. The molecule has 1 amide bonds. The van der Waals surface area contributed by atoms with E-state index >= 15 is 0 Å². The molecule has 0 unspecified atom stereocenters. The number of methoxy groups -OCH3 is 1. The van der Waals surface area contributed by atoms with Crippen LogP contribution in [0.3, 0.4) is 0 Å². The van der Waals surface area contributed by atoms with Crippen molar-refractivity contribution in [2.45, 2.75) is 6.42 Å². The van der Waals surface area contributed by atoms with Crippen LogP contribution in [0, 0.1) is 0 Å². The smallest absolute Gasteiger partial charge is 0.275 e. The molecule has 0 aromatic heterocycles. The molecule has 0 saturated carbocycles. The Morgan fingerprint density at radius 1 is 1.18 bits per heavy atom. The molecule has 0 radical (unpaired) electrons. The van der Waals surface area contributed by atoms with Gasteiger partial charge in [-0.3, -0.25) is 9.69 Å². The van der Waals surface area contributed by atoms with Crippen LogP contribution in [0.1, 0.15) is 5.56 Å². The summed E-state index contributed by atoms with van der Waals surface area (Å²) in [6.07, 6.45) is 0.865. The summed E-state index contributed by atoms with van der Waals surface area (Å²) in [4.78, 5) is 14.7. The zero-order chi connectivity index (χ0) is 15.4. The summed E-state index contributed by atoms with van der Waals surface area (Å²) in [5, 5.41) is 3.08. The van der Waals surface area contributed by atoms with Crippen LogP contribution in [-0.4, -0.2) is 74.8 Å². The number of fused-ring (bicyclic) bond motifs is 3. The molecule has 5 nitrogen and oxygen atoms in total. The van der Waals surface area contributed by atoms with Gasteiger partial charge in [0.2, 0.25) is 0 Å². The van der Waals surface area contributed by atoms with Crippen LogP contribution in [0.2, 0.25) is 0 Å². The quantitative estimate of drug-likeness (QED) is 0.778. The minimum absolute atomic E-state index is 0.198. The number of rotatable bonds is 6. The fraction of sp³-hybridized carbons (Fsp3) is 0.588. The molecule has 0 atom stereocenters. The lowest BCUT2D eigenvalue weighted by Crippen LogP contribution is -2.69. The summed E-state index contributed by atoms with van der Waals surface area (Å²) in [7, 11) is 1.67. The number of carbonyl (C=O) groups is 1. The lowest BCUT2D eigenvalue weighted by atomic mass is 10.1. The van der Waals surface area contributed by atoms with Gasteiger partial charge in [-0.25, -0.2) is 0 Å². The molecule has 5 heteroatoms. The van der Waals surface area contributed by atoms with E-state index in [4.69, 9.17) is 4.74 Å². The number of benzene rings is 1. The maximum absolute atomic E-state index is 12.2. The third-order valence-corrected chi connectivity index (χ3v) is 5.05. The molecule has 120 valence electrons. The van der Waals surface area contributed by atoms with Gasteiger partial charge < -0.3 is 14.5 Å². The predicted octanol–water partition coefficient (Wildman–Crippen LogP) is 0.500. The lowest BCUT2D eigenvalue weighted by molar-refractivity contribution is -0.933. The van der Waals surface area contributed by atoms with E-state index in [9.17, 15) is 4.79 Å². The largest absolute Gasteiger partial charge is 0.497 e. The SMILES string of the molecule is COc1ccc(CCNC(=O)C[N+]23CCN(CC2)CC3)cc1. The number of carbonyl (C=O) groups excluding carboxylic acids is 1. The van der Waals surface area contributed by atoms with Gasteiger partial charge in [-0.2, -0.15) is 0 Å². The van der Waals surface area contributed by atoms with Crippen molar-refractivity contribution < 1.29 is 14.0 Å². The molecular formula is C17H26N3O2+. The summed E-state index contributed by atoms with van der Waals surface area (Å²) >= 11 is 0. The van der Waals surface area contributed by atoms with Crippen LogP contribution >= 0.6 is 0 Å². The number of ether oxygens (including phenoxy) is 1. The number of hydrogen-bond acceptors (Lipinski definition) is 3. The summed E-state index contributed by atoms with van der Waals surface area (Å²) < 4.78 is 6.14. The second-order valence-corrected chi connectivity index (χ2v) is 6.46. The van der Waals surface area contributed by atoms with Crippen LogP contribution in [0.25, 0.3) is 0 Å². The van der Waals surface area contributed by atoms with E-state index in [-0.39, 0.29) is 5.91 Å². The van der Waals surface area contributed by atoms with Gasteiger partial charge in [0, 0.05) is 26.2 Å². The minimum atomic E-state index is 0.198. The van der Waals surface area contributed by atoms with Gasteiger partial charge in [0.15, 0.2) is 6.54 Å². The Balaban J connectivity index is 1.42. The second-order valence-electron chi connectivity index (χ2n) is 6.46. The number of piperazine rings is 3. The molecule has 3 heterocycles. The number of nitrogens with zero attached hydrogens (tertiary/aromatic N) is 2. The van der Waals surface area contributed by atoms with Crippen molar-refractivity contribution in [1.29, 1.82) is 0 Å². The zero-order valence-corrected chi connectivity index (χ0v) is 13.4. The van der Waals surface area contributed by atoms with Crippen molar-refractivity contribution in [2.24, 2.45) is 0 Å². The monoisotopic (exact) mass is 304 g/mol. The molecule has 0 spiro atoms. The molecule has 4 rings (SSSR count). The molecule has 1 aromatic rings. The Labute approximate surface area is 132 Å². The fourth-order valence-corrected chi connectivity index (χ4v) is 3.47. The molecule has 3 aliphatic heterocycles. The highest BCUT2D eigenvalue weighted by molar-refractivity contribution is 5.77. The van der Waals surface area contributed by atoms with Gasteiger partial charge in [-0.1, -0.05) is 12.1 Å². The third kappa shape index (κ3) is 3.59. The highest BCUT2D eigenvalue weighted by atomic mass is 16.5. The molecule has 1 aromatic carbocycles. The molecule has 22 heavy (non-hydrogen) atoms. The first kappa shape index (κ1) is 15.3. The summed E-state index contributed by atoms with van der Waals surface area (Å²) in [6, 6.07) is 8.03. The van der Waals surface area contributed by atoms with Crippen molar-refractivity contribution >= 4 is 5.91 Å². The highest BCUT2D eigenvalue weighted by Crippen LogP contribution is 2.18. The number of hydrogen-bond donors (Lipinski definition) is 1. The summed E-state index contributed by atoms with van der Waals surface area (Å²) in [5.74, 6) is 1.07. The maximum Gasteiger partial charge on any atom is 0.275 e. The molecule has 2 bridgehead atoms. The normalized spacial score (nSPS) is 26.7. The van der Waals surface area contributed by atoms with Crippen molar-refractivity contribution in [3.63, 3.8) is 0 Å². The van der Waals surface area contributed by atoms with Crippen molar-refractivity contribution in [2.75, 3.05) is 59.5 Å². The summed E-state index contributed by atoms with van der Waals surface area (Å²) in [6.45, 7) is 8.20. The fourth-order valence-electron chi connectivity index (χ4n) is 3.47. The van der Waals surface area contributed by atoms with Gasteiger partial charge in [-0.05, 0) is 24.1 Å². The van der Waals surface area contributed by atoms with Crippen LogP contribution in [0.4, 0.5) is 0 Å². The van der Waals surface area contributed by atoms with E-state index in [0.29, 0.717) is 13.1 Å². The highest BCUT2D eigenvalue weighted by Gasteiger charge is 2.39. The zero-order valence-electron chi connectivity index (χ0n) is 13.4. The van der Waals surface area contributed by atoms with E-state index < -0.39 is 0 Å². The molecule has 0 aliphatic carbocycles. The van der Waals surface area contributed by atoms with Crippen LogP contribution in [-0.2, 0) is 11.2 Å². The lowest BCUT2D eigenvalue weighted by Gasteiger charge is -2.50. The maximum atomic E-state index is 12.2.